The second kappa shape index (κ2) is 9.45. The van der Waals surface area contributed by atoms with Crippen LogP contribution >= 0.6 is 0 Å². The van der Waals surface area contributed by atoms with Gasteiger partial charge in [-0.3, -0.25) is 4.79 Å². The zero-order valence-corrected chi connectivity index (χ0v) is 16.1. The fourth-order valence-corrected chi connectivity index (χ4v) is 2.53. The maximum Gasteiger partial charge on any atom is 0.251 e. The molecule has 0 fully saturated rings. The van der Waals surface area contributed by atoms with E-state index in [9.17, 15) is 4.79 Å². The van der Waals surface area contributed by atoms with Gasteiger partial charge in [0.1, 0.15) is 11.6 Å². The number of benzene rings is 1. The minimum Gasteiger partial charge on any atom is -0.367 e. The van der Waals surface area contributed by atoms with Crippen molar-refractivity contribution in [1.29, 1.82) is 0 Å². The van der Waals surface area contributed by atoms with E-state index in [2.05, 4.69) is 38.1 Å². The van der Waals surface area contributed by atoms with E-state index in [1.165, 1.54) is 5.56 Å². The van der Waals surface area contributed by atoms with Crippen molar-refractivity contribution in [2.75, 3.05) is 23.7 Å². The molecular weight excluding hydrogens is 352 g/mol. The molecule has 0 bridgehead atoms. The van der Waals surface area contributed by atoms with E-state index in [0.29, 0.717) is 30.3 Å². The molecule has 1 aromatic carbocycles. The van der Waals surface area contributed by atoms with Crippen molar-refractivity contribution in [3.8, 4) is 0 Å². The summed E-state index contributed by atoms with van der Waals surface area (Å²) in [5.41, 5.74) is 2.98. The third kappa shape index (κ3) is 5.51. The highest BCUT2D eigenvalue weighted by Gasteiger charge is 2.04. The Kier molecular flexibility index (Phi) is 6.51. The van der Waals surface area contributed by atoms with Crippen LogP contribution in [0.3, 0.4) is 0 Å². The molecule has 28 heavy (non-hydrogen) atoms. The topological polar surface area (TPSA) is 91.8 Å². The van der Waals surface area contributed by atoms with Gasteiger partial charge in [0.15, 0.2) is 5.82 Å². The lowest BCUT2D eigenvalue weighted by molar-refractivity contribution is 0.0955. The number of pyridine rings is 1. The lowest BCUT2D eigenvalue weighted by Crippen LogP contribution is -2.28. The van der Waals surface area contributed by atoms with Gasteiger partial charge in [-0.25, -0.2) is 4.98 Å². The van der Waals surface area contributed by atoms with Crippen LogP contribution in [0.5, 0.6) is 0 Å². The summed E-state index contributed by atoms with van der Waals surface area (Å²) in [6.45, 7) is 5.12. The third-order valence-electron chi connectivity index (χ3n) is 4.17. The molecule has 0 radical (unpaired) electrons. The minimum absolute atomic E-state index is 0.0827. The number of hydrogen-bond acceptors (Lipinski definition) is 6. The van der Waals surface area contributed by atoms with Crippen molar-refractivity contribution < 1.29 is 4.79 Å². The number of nitrogens with one attached hydrogen (secondary N) is 3. The number of aromatic nitrogens is 3. The van der Waals surface area contributed by atoms with E-state index < -0.39 is 0 Å². The normalized spacial score (nSPS) is 10.4. The Labute approximate surface area is 164 Å². The minimum atomic E-state index is -0.0827. The van der Waals surface area contributed by atoms with Crippen LogP contribution in [0.4, 0.5) is 17.5 Å². The zero-order chi connectivity index (χ0) is 19.8. The Hall–Kier alpha value is -3.48. The van der Waals surface area contributed by atoms with Crippen LogP contribution in [-0.2, 0) is 6.42 Å². The molecule has 0 saturated carbocycles. The summed E-state index contributed by atoms with van der Waals surface area (Å²) in [5, 5.41) is 17.4. The highest BCUT2D eigenvalue weighted by molar-refractivity contribution is 5.94. The average Bonchev–Trinajstić information content (AvgIpc) is 2.74. The molecule has 0 aliphatic carbocycles. The highest BCUT2D eigenvalue weighted by atomic mass is 16.1. The molecule has 144 valence electrons. The second-order valence-electron chi connectivity index (χ2n) is 6.38. The number of hydrogen-bond donors (Lipinski definition) is 3. The maximum absolute atomic E-state index is 12.1. The van der Waals surface area contributed by atoms with Gasteiger partial charge < -0.3 is 16.0 Å². The number of carbonyl (C=O) groups excluding carboxylic acids is 1. The second-order valence-corrected chi connectivity index (χ2v) is 6.38. The number of nitrogens with zero attached hydrogens (tertiary/aromatic N) is 3. The molecule has 3 aromatic rings. The lowest BCUT2D eigenvalue weighted by atomic mass is 10.1. The van der Waals surface area contributed by atoms with Crippen molar-refractivity contribution in [2.45, 2.75) is 20.3 Å². The third-order valence-corrected chi connectivity index (χ3v) is 4.17. The van der Waals surface area contributed by atoms with Gasteiger partial charge in [-0.1, -0.05) is 25.1 Å². The summed E-state index contributed by atoms with van der Waals surface area (Å²) in [6.07, 6.45) is 2.75. The van der Waals surface area contributed by atoms with Crippen molar-refractivity contribution >= 4 is 23.4 Å². The van der Waals surface area contributed by atoms with Gasteiger partial charge in [0, 0.05) is 24.8 Å². The molecule has 0 aliphatic rings. The predicted octanol–water partition coefficient (Wildman–Crippen LogP) is 3.33. The zero-order valence-electron chi connectivity index (χ0n) is 16.1. The molecule has 3 N–H and O–H groups in total. The molecule has 3 rings (SSSR count). The summed E-state index contributed by atoms with van der Waals surface area (Å²) >= 11 is 0. The Morgan fingerprint density at radius 3 is 2.25 bits per heavy atom. The fraction of sp³-hybridized carbons (Fsp3) is 0.238. The first-order chi connectivity index (χ1) is 13.6. The molecule has 7 nitrogen and oxygen atoms in total. The van der Waals surface area contributed by atoms with Crippen LogP contribution in [0.2, 0.25) is 0 Å². The summed E-state index contributed by atoms with van der Waals surface area (Å²) in [7, 11) is 0. The van der Waals surface area contributed by atoms with Crippen LogP contribution in [0.1, 0.15) is 28.4 Å². The van der Waals surface area contributed by atoms with Crippen LogP contribution in [-0.4, -0.2) is 34.2 Å². The largest absolute Gasteiger partial charge is 0.367 e. The van der Waals surface area contributed by atoms with Gasteiger partial charge >= 0.3 is 0 Å². The van der Waals surface area contributed by atoms with E-state index in [-0.39, 0.29) is 5.91 Å². The smallest absolute Gasteiger partial charge is 0.251 e. The molecule has 2 heterocycles. The molecule has 0 unspecified atom stereocenters. The number of anilines is 3. The fourth-order valence-electron chi connectivity index (χ4n) is 2.53. The molecular formula is C21H24N6O. The summed E-state index contributed by atoms with van der Waals surface area (Å²) in [5.74, 6) is 1.89. The first kappa shape index (κ1) is 19.3. The highest BCUT2D eigenvalue weighted by Crippen LogP contribution is 2.12. The SMILES string of the molecule is CCc1ccc(C(=O)NCCNc2ccc(Nc3ccc(C)cn3)nn2)cc1. The predicted molar refractivity (Wildman–Crippen MR) is 111 cm³/mol. The van der Waals surface area contributed by atoms with Crippen molar-refractivity contribution in [3.05, 3.63) is 71.4 Å². The maximum atomic E-state index is 12.1. The first-order valence-corrected chi connectivity index (χ1v) is 9.28. The van der Waals surface area contributed by atoms with E-state index in [1.54, 1.807) is 6.20 Å². The van der Waals surface area contributed by atoms with Gasteiger partial charge in [0.2, 0.25) is 0 Å². The summed E-state index contributed by atoms with van der Waals surface area (Å²) in [4.78, 5) is 16.4. The summed E-state index contributed by atoms with van der Waals surface area (Å²) < 4.78 is 0. The molecule has 1 amide bonds. The van der Waals surface area contributed by atoms with Gasteiger partial charge in [-0.15, -0.1) is 10.2 Å². The average molecular weight is 376 g/mol. The summed E-state index contributed by atoms with van der Waals surface area (Å²) in [6, 6.07) is 15.2. The molecule has 7 heteroatoms. The van der Waals surface area contributed by atoms with Gasteiger partial charge in [0.05, 0.1) is 0 Å². The van der Waals surface area contributed by atoms with Crippen LogP contribution in [0.15, 0.2) is 54.7 Å². The molecule has 0 saturated heterocycles. The first-order valence-electron chi connectivity index (χ1n) is 9.28. The van der Waals surface area contributed by atoms with Crippen molar-refractivity contribution in [2.24, 2.45) is 0 Å². The number of carbonyl (C=O) groups is 1. The standard InChI is InChI=1S/C21H24N6O/c1-3-16-5-7-17(8-6-16)21(28)23-13-12-22-19-10-11-20(27-26-19)25-18-9-4-15(2)14-24-18/h4-11,14H,3,12-13H2,1-2H3,(H,22,26)(H,23,28)(H,24,25,27). The Balaban J connectivity index is 1.42. The van der Waals surface area contributed by atoms with Crippen LogP contribution in [0, 0.1) is 6.92 Å². The van der Waals surface area contributed by atoms with Crippen molar-refractivity contribution in [3.63, 3.8) is 0 Å². The van der Waals surface area contributed by atoms with E-state index in [1.807, 2.05) is 55.5 Å². The molecule has 0 aliphatic heterocycles. The van der Waals surface area contributed by atoms with E-state index in [0.717, 1.165) is 17.8 Å². The number of rotatable bonds is 8. The monoisotopic (exact) mass is 376 g/mol. The van der Waals surface area contributed by atoms with Gasteiger partial charge in [-0.05, 0) is 54.8 Å². The Morgan fingerprint density at radius 1 is 0.893 bits per heavy atom. The molecule has 0 atom stereocenters. The van der Waals surface area contributed by atoms with E-state index >= 15 is 0 Å². The van der Waals surface area contributed by atoms with Crippen LogP contribution < -0.4 is 16.0 Å². The number of aryl methyl sites for hydroxylation is 2. The molecule has 0 spiro atoms. The molecule has 2 aromatic heterocycles. The van der Waals surface area contributed by atoms with Crippen molar-refractivity contribution in [1.82, 2.24) is 20.5 Å². The Morgan fingerprint density at radius 2 is 1.61 bits per heavy atom. The van der Waals surface area contributed by atoms with Gasteiger partial charge in [-0.2, -0.15) is 0 Å². The van der Waals surface area contributed by atoms with E-state index in [4.69, 9.17) is 0 Å². The van der Waals surface area contributed by atoms with Crippen LogP contribution in [0.25, 0.3) is 0 Å². The number of amides is 1. The Bertz CT molecular complexity index is 892. The lowest BCUT2D eigenvalue weighted by Gasteiger charge is -2.08. The quantitative estimate of drug-likeness (QED) is 0.522. The van der Waals surface area contributed by atoms with Gasteiger partial charge in [0.25, 0.3) is 5.91 Å².